The average molecular weight is 708 g/mol. The number of aromatic nitrogens is 6. The lowest BCUT2D eigenvalue weighted by Crippen LogP contribution is -2.25. The lowest BCUT2D eigenvalue weighted by molar-refractivity contribution is -0.116. The lowest BCUT2D eigenvalue weighted by atomic mass is 10.1. The SMILES string of the molecule is C=CC(=O)Nc1cccc(-n2cc(-c3cccc(NC(=O)Nc4cccc(-c5cn(-c6cccc(NC(=O)CCN7CCCC7)c6)nn5)c4)c3)nn2)c1. The number of hydrogen-bond acceptors (Lipinski definition) is 8. The van der Waals surface area contributed by atoms with Crippen molar-refractivity contribution in [3.05, 3.63) is 122 Å². The van der Waals surface area contributed by atoms with E-state index in [-0.39, 0.29) is 11.8 Å². The molecule has 0 saturated carbocycles. The largest absolute Gasteiger partial charge is 0.326 e. The number of nitrogens with zero attached hydrogens (tertiary/aromatic N) is 7. The summed E-state index contributed by atoms with van der Waals surface area (Å²) in [5.41, 5.74) is 6.61. The molecule has 1 aliphatic heterocycles. The van der Waals surface area contributed by atoms with E-state index in [9.17, 15) is 14.4 Å². The molecule has 1 saturated heterocycles. The number of carbonyl (C=O) groups is 3. The third-order valence-corrected chi connectivity index (χ3v) is 8.63. The van der Waals surface area contributed by atoms with Crippen molar-refractivity contribution >= 4 is 40.6 Å². The van der Waals surface area contributed by atoms with Crippen LogP contribution in [0.3, 0.4) is 0 Å². The Kier molecular flexibility index (Phi) is 10.4. The van der Waals surface area contributed by atoms with Crippen molar-refractivity contribution in [1.82, 2.24) is 34.9 Å². The number of carbonyl (C=O) groups excluding carboxylic acids is 3. The minimum absolute atomic E-state index is 0.0182. The molecular weight excluding hydrogens is 671 g/mol. The standard InChI is InChI=1S/C39H37N11O3/c1-2-37(51)40-31-13-7-15-33(23-31)49-25-35(44-46-49)27-9-5-11-29(21-27)42-39(53)43-30-12-6-10-28(22-30)36-26-50(47-45-36)34-16-8-14-32(24-34)41-38(52)17-20-48-18-3-4-19-48/h2,5-16,21-26H,1,3-4,17-20H2,(H,40,51)(H,41,52)(H2,42,43,53). The quantitative estimate of drug-likeness (QED) is 0.107. The molecule has 14 nitrogen and oxygen atoms in total. The van der Waals surface area contributed by atoms with E-state index in [2.05, 4.69) is 53.4 Å². The van der Waals surface area contributed by atoms with Crippen LogP contribution in [0.4, 0.5) is 27.5 Å². The van der Waals surface area contributed by atoms with E-state index in [1.54, 1.807) is 58.2 Å². The Hall–Kier alpha value is -6.93. The number of benzene rings is 4. The first-order valence-corrected chi connectivity index (χ1v) is 17.2. The molecule has 0 atom stereocenters. The molecule has 7 rings (SSSR count). The van der Waals surface area contributed by atoms with Gasteiger partial charge in [-0.3, -0.25) is 9.59 Å². The normalized spacial score (nSPS) is 12.6. The molecule has 3 heterocycles. The van der Waals surface area contributed by atoms with Crippen LogP contribution in [-0.4, -0.2) is 72.4 Å². The highest BCUT2D eigenvalue weighted by atomic mass is 16.2. The Morgan fingerprint density at radius 1 is 0.642 bits per heavy atom. The van der Waals surface area contributed by atoms with Gasteiger partial charge in [-0.1, -0.05) is 53.4 Å². The molecular formula is C39H37N11O3. The first-order chi connectivity index (χ1) is 25.9. The van der Waals surface area contributed by atoms with E-state index in [1.807, 2.05) is 60.7 Å². The summed E-state index contributed by atoms with van der Waals surface area (Å²) in [7, 11) is 0. The number of urea groups is 1. The van der Waals surface area contributed by atoms with Gasteiger partial charge in [0.2, 0.25) is 11.8 Å². The van der Waals surface area contributed by atoms with Crippen LogP contribution in [-0.2, 0) is 9.59 Å². The summed E-state index contributed by atoms with van der Waals surface area (Å²) in [6.45, 7) is 6.37. The summed E-state index contributed by atoms with van der Waals surface area (Å²) in [5, 5.41) is 28.7. The molecule has 1 aliphatic rings. The average Bonchev–Trinajstić information content (AvgIpc) is 3.98. The third-order valence-electron chi connectivity index (χ3n) is 8.63. The summed E-state index contributed by atoms with van der Waals surface area (Å²) in [4.78, 5) is 39.6. The minimum atomic E-state index is -0.427. The molecule has 0 unspecified atom stereocenters. The van der Waals surface area contributed by atoms with Gasteiger partial charge >= 0.3 is 6.03 Å². The van der Waals surface area contributed by atoms with E-state index in [4.69, 9.17) is 0 Å². The van der Waals surface area contributed by atoms with Gasteiger partial charge in [-0.15, -0.1) is 10.2 Å². The highest BCUT2D eigenvalue weighted by Gasteiger charge is 2.14. The molecule has 4 amide bonds. The smallest absolute Gasteiger partial charge is 0.323 e. The fourth-order valence-electron chi connectivity index (χ4n) is 5.99. The van der Waals surface area contributed by atoms with Gasteiger partial charge in [0, 0.05) is 46.8 Å². The predicted molar refractivity (Wildman–Crippen MR) is 204 cm³/mol. The molecule has 53 heavy (non-hydrogen) atoms. The highest BCUT2D eigenvalue weighted by molar-refractivity contribution is 6.00. The second-order valence-electron chi connectivity index (χ2n) is 12.5. The van der Waals surface area contributed by atoms with Gasteiger partial charge < -0.3 is 26.2 Å². The first-order valence-electron chi connectivity index (χ1n) is 17.2. The second-order valence-corrected chi connectivity index (χ2v) is 12.5. The number of nitrogens with one attached hydrogen (secondary N) is 4. The molecule has 0 spiro atoms. The molecule has 6 aromatic rings. The van der Waals surface area contributed by atoms with Crippen LogP contribution < -0.4 is 21.3 Å². The third kappa shape index (κ3) is 8.87. The molecule has 14 heteroatoms. The van der Waals surface area contributed by atoms with Crippen LogP contribution >= 0.6 is 0 Å². The van der Waals surface area contributed by atoms with Gasteiger partial charge in [-0.2, -0.15) is 0 Å². The number of rotatable bonds is 12. The van der Waals surface area contributed by atoms with Crippen LogP contribution in [0.15, 0.2) is 122 Å². The maximum atomic E-state index is 13.0. The zero-order valence-corrected chi connectivity index (χ0v) is 28.8. The van der Waals surface area contributed by atoms with Crippen molar-refractivity contribution in [3.63, 3.8) is 0 Å². The number of anilines is 4. The van der Waals surface area contributed by atoms with Crippen molar-refractivity contribution in [2.24, 2.45) is 0 Å². The Morgan fingerprint density at radius 3 is 1.66 bits per heavy atom. The van der Waals surface area contributed by atoms with E-state index in [0.29, 0.717) is 46.2 Å². The molecule has 0 aliphatic carbocycles. The van der Waals surface area contributed by atoms with E-state index < -0.39 is 6.03 Å². The molecule has 0 radical (unpaired) electrons. The van der Waals surface area contributed by atoms with Gasteiger partial charge in [0.15, 0.2) is 0 Å². The van der Waals surface area contributed by atoms with Crippen molar-refractivity contribution in [2.45, 2.75) is 19.3 Å². The summed E-state index contributed by atoms with van der Waals surface area (Å²) in [6.07, 6.45) is 7.62. The fraction of sp³-hybridized carbons (Fsp3) is 0.154. The van der Waals surface area contributed by atoms with Gasteiger partial charge in [0.05, 0.1) is 23.8 Å². The predicted octanol–water partition coefficient (Wildman–Crippen LogP) is 6.37. The van der Waals surface area contributed by atoms with E-state index in [1.165, 1.54) is 18.9 Å². The minimum Gasteiger partial charge on any atom is -0.326 e. The van der Waals surface area contributed by atoms with Crippen molar-refractivity contribution in [1.29, 1.82) is 0 Å². The first kappa shape index (κ1) is 34.5. The van der Waals surface area contributed by atoms with E-state index >= 15 is 0 Å². The van der Waals surface area contributed by atoms with Crippen LogP contribution in [0.2, 0.25) is 0 Å². The highest BCUT2D eigenvalue weighted by Crippen LogP contribution is 2.25. The zero-order chi connectivity index (χ0) is 36.6. The maximum absolute atomic E-state index is 13.0. The van der Waals surface area contributed by atoms with Crippen LogP contribution in [0.1, 0.15) is 19.3 Å². The summed E-state index contributed by atoms with van der Waals surface area (Å²) >= 11 is 0. The molecule has 266 valence electrons. The molecule has 4 aromatic carbocycles. The Labute approximate surface area is 305 Å². The molecule has 1 fully saturated rings. The van der Waals surface area contributed by atoms with Crippen LogP contribution in [0.5, 0.6) is 0 Å². The number of likely N-dealkylation sites (tertiary alicyclic amines) is 1. The summed E-state index contributed by atoms with van der Waals surface area (Å²) < 4.78 is 3.25. The monoisotopic (exact) mass is 707 g/mol. The molecule has 4 N–H and O–H groups in total. The van der Waals surface area contributed by atoms with Gasteiger partial charge in [0.1, 0.15) is 11.4 Å². The zero-order valence-electron chi connectivity index (χ0n) is 28.8. The van der Waals surface area contributed by atoms with Crippen molar-refractivity contribution in [3.8, 4) is 33.9 Å². The van der Waals surface area contributed by atoms with Crippen molar-refractivity contribution in [2.75, 3.05) is 40.9 Å². The van der Waals surface area contributed by atoms with E-state index in [0.717, 1.165) is 36.4 Å². The van der Waals surface area contributed by atoms with Gasteiger partial charge in [0.25, 0.3) is 0 Å². The van der Waals surface area contributed by atoms with Crippen LogP contribution in [0, 0.1) is 0 Å². The molecule has 0 bridgehead atoms. The topological polar surface area (TPSA) is 164 Å². The number of hydrogen-bond donors (Lipinski definition) is 4. The molecule has 2 aromatic heterocycles. The summed E-state index contributed by atoms with van der Waals surface area (Å²) in [6, 6.07) is 28.8. The number of amides is 4. The van der Waals surface area contributed by atoms with Gasteiger partial charge in [-0.25, -0.2) is 14.2 Å². The second kappa shape index (κ2) is 16.0. The lowest BCUT2D eigenvalue weighted by Gasteiger charge is -2.14. The summed E-state index contributed by atoms with van der Waals surface area (Å²) in [5.74, 6) is -0.327. The van der Waals surface area contributed by atoms with Gasteiger partial charge in [-0.05, 0) is 92.7 Å². The maximum Gasteiger partial charge on any atom is 0.323 e. The Balaban J connectivity index is 0.964. The Morgan fingerprint density at radius 2 is 1.13 bits per heavy atom. The van der Waals surface area contributed by atoms with Crippen LogP contribution in [0.25, 0.3) is 33.9 Å². The fourth-order valence-corrected chi connectivity index (χ4v) is 5.99. The van der Waals surface area contributed by atoms with Crippen molar-refractivity contribution < 1.29 is 14.4 Å². The Bertz CT molecular complexity index is 2270.